The SMILES string of the molecule is CCCc1ccc(C2(C)NC(=O)N(Cc3ccc(C(=O)OC)cc3)C2=O)cc1. The second-order valence-corrected chi connectivity index (χ2v) is 7.08. The Kier molecular flexibility index (Phi) is 5.49. The van der Waals surface area contributed by atoms with Crippen molar-refractivity contribution in [2.45, 2.75) is 38.8 Å². The molecule has 146 valence electrons. The first-order valence-electron chi connectivity index (χ1n) is 9.30. The molecule has 0 aliphatic carbocycles. The second-order valence-electron chi connectivity index (χ2n) is 7.08. The number of ether oxygens (including phenoxy) is 1. The normalized spacial score (nSPS) is 18.9. The second kappa shape index (κ2) is 7.84. The third-order valence-corrected chi connectivity index (χ3v) is 5.06. The number of nitrogens with zero attached hydrogens (tertiary/aromatic N) is 1. The molecule has 2 aromatic carbocycles. The quantitative estimate of drug-likeness (QED) is 0.616. The fourth-order valence-electron chi connectivity index (χ4n) is 3.38. The third-order valence-electron chi connectivity index (χ3n) is 5.06. The molecular weight excluding hydrogens is 356 g/mol. The van der Waals surface area contributed by atoms with E-state index in [2.05, 4.69) is 17.0 Å². The maximum atomic E-state index is 13.0. The van der Waals surface area contributed by atoms with Crippen molar-refractivity contribution in [1.29, 1.82) is 0 Å². The van der Waals surface area contributed by atoms with Gasteiger partial charge in [0.15, 0.2) is 0 Å². The summed E-state index contributed by atoms with van der Waals surface area (Å²) in [4.78, 5) is 38.3. The number of imide groups is 1. The van der Waals surface area contributed by atoms with E-state index in [1.54, 1.807) is 31.2 Å². The van der Waals surface area contributed by atoms with Crippen molar-refractivity contribution < 1.29 is 19.1 Å². The zero-order chi connectivity index (χ0) is 20.3. The lowest BCUT2D eigenvalue weighted by molar-refractivity contribution is -0.131. The van der Waals surface area contributed by atoms with E-state index < -0.39 is 17.5 Å². The van der Waals surface area contributed by atoms with E-state index >= 15 is 0 Å². The van der Waals surface area contributed by atoms with Crippen LogP contribution in [-0.4, -0.2) is 29.9 Å². The van der Waals surface area contributed by atoms with Gasteiger partial charge in [0.05, 0.1) is 19.2 Å². The van der Waals surface area contributed by atoms with E-state index in [0.29, 0.717) is 5.56 Å². The molecule has 0 spiro atoms. The van der Waals surface area contributed by atoms with Gasteiger partial charge in [0.25, 0.3) is 5.91 Å². The highest BCUT2D eigenvalue weighted by atomic mass is 16.5. The van der Waals surface area contributed by atoms with Gasteiger partial charge < -0.3 is 10.1 Å². The number of benzene rings is 2. The van der Waals surface area contributed by atoms with Gasteiger partial charge in [-0.1, -0.05) is 49.7 Å². The van der Waals surface area contributed by atoms with Crippen LogP contribution in [-0.2, 0) is 28.0 Å². The van der Waals surface area contributed by atoms with Gasteiger partial charge in [0, 0.05) is 0 Å². The molecule has 1 saturated heterocycles. The number of hydrogen-bond acceptors (Lipinski definition) is 4. The molecule has 1 heterocycles. The number of methoxy groups -OCH3 is 1. The Balaban J connectivity index is 1.78. The Bertz CT molecular complexity index is 890. The molecular formula is C22H24N2O4. The van der Waals surface area contributed by atoms with Crippen molar-refractivity contribution in [2.24, 2.45) is 0 Å². The van der Waals surface area contributed by atoms with E-state index in [1.807, 2.05) is 24.3 Å². The zero-order valence-electron chi connectivity index (χ0n) is 16.3. The molecule has 0 saturated carbocycles. The van der Waals surface area contributed by atoms with Crippen LogP contribution in [0.1, 0.15) is 47.3 Å². The lowest BCUT2D eigenvalue weighted by Crippen LogP contribution is -2.40. The predicted molar refractivity (Wildman–Crippen MR) is 105 cm³/mol. The van der Waals surface area contributed by atoms with E-state index in [1.165, 1.54) is 17.6 Å². The van der Waals surface area contributed by atoms with Crippen LogP contribution in [0.25, 0.3) is 0 Å². The van der Waals surface area contributed by atoms with Crippen molar-refractivity contribution in [3.8, 4) is 0 Å². The van der Waals surface area contributed by atoms with Crippen molar-refractivity contribution in [2.75, 3.05) is 7.11 Å². The molecule has 3 rings (SSSR count). The number of aryl methyl sites for hydroxylation is 1. The number of amides is 3. The monoisotopic (exact) mass is 380 g/mol. The largest absolute Gasteiger partial charge is 0.465 e. The molecule has 1 atom stereocenters. The molecule has 0 bridgehead atoms. The Morgan fingerprint density at radius 3 is 2.21 bits per heavy atom. The van der Waals surface area contributed by atoms with E-state index in [0.717, 1.165) is 24.0 Å². The average molecular weight is 380 g/mol. The maximum Gasteiger partial charge on any atom is 0.337 e. The Morgan fingerprint density at radius 2 is 1.64 bits per heavy atom. The van der Waals surface area contributed by atoms with Crippen LogP contribution in [0.5, 0.6) is 0 Å². The van der Waals surface area contributed by atoms with Gasteiger partial charge in [-0.3, -0.25) is 9.69 Å². The highest BCUT2D eigenvalue weighted by Gasteiger charge is 2.48. The molecule has 1 N–H and O–H groups in total. The molecule has 0 aromatic heterocycles. The van der Waals surface area contributed by atoms with Gasteiger partial charge in [-0.05, 0) is 42.2 Å². The molecule has 28 heavy (non-hydrogen) atoms. The number of rotatable bonds is 6. The summed E-state index contributed by atoms with van der Waals surface area (Å²) in [7, 11) is 1.32. The number of urea groups is 1. The molecule has 1 aliphatic heterocycles. The number of esters is 1. The minimum atomic E-state index is -1.09. The summed E-state index contributed by atoms with van der Waals surface area (Å²) in [6.07, 6.45) is 2.03. The average Bonchev–Trinajstić information content (AvgIpc) is 2.92. The number of carbonyl (C=O) groups is 3. The lowest BCUT2D eigenvalue weighted by Gasteiger charge is -2.22. The molecule has 1 unspecified atom stereocenters. The Labute approximate surface area is 164 Å². The summed E-state index contributed by atoms with van der Waals surface area (Å²) in [6, 6.07) is 14.0. The van der Waals surface area contributed by atoms with Crippen LogP contribution in [0.15, 0.2) is 48.5 Å². The van der Waals surface area contributed by atoms with Crippen LogP contribution < -0.4 is 5.32 Å². The van der Waals surface area contributed by atoms with Gasteiger partial charge in [0.2, 0.25) is 0 Å². The first kappa shape index (κ1) is 19.6. The summed E-state index contributed by atoms with van der Waals surface area (Å²) in [5.41, 5.74) is 2.04. The van der Waals surface area contributed by atoms with Crippen molar-refractivity contribution in [1.82, 2.24) is 10.2 Å². The van der Waals surface area contributed by atoms with Crippen molar-refractivity contribution in [3.63, 3.8) is 0 Å². The number of hydrogen-bond donors (Lipinski definition) is 1. The summed E-state index contributed by atoms with van der Waals surface area (Å²) in [6.45, 7) is 3.98. The molecule has 2 aromatic rings. The summed E-state index contributed by atoms with van der Waals surface area (Å²) < 4.78 is 4.68. The minimum absolute atomic E-state index is 0.135. The van der Waals surface area contributed by atoms with Crippen molar-refractivity contribution in [3.05, 3.63) is 70.8 Å². The first-order chi connectivity index (χ1) is 13.4. The van der Waals surface area contributed by atoms with Gasteiger partial charge in [-0.25, -0.2) is 9.59 Å². The van der Waals surface area contributed by atoms with Gasteiger partial charge in [-0.2, -0.15) is 0 Å². The first-order valence-corrected chi connectivity index (χ1v) is 9.30. The van der Waals surface area contributed by atoms with Gasteiger partial charge in [0.1, 0.15) is 5.54 Å². The standard InChI is InChI=1S/C22H24N2O4/c1-4-5-15-8-12-18(13-9-15)22(2)20(26)24(21(27)23-22)14-16-6-10-17(11-7-16)19(25)28-3/h6-13H,4-5,14H2,1-3H3,(H,23,27). The van der Waals surface area contributed by atoms with Gasteiger partial charge >= 0.3 is 12.0 Å². The van der Waals surface area contributed by atoms with E-state index in [4.69, 9.17) is 0 Å². The zero-order valence-corrected chi connectivity index (χ0v) is 16.3. The van der Waals surface area contributed by atoms with Crippen molar-refractivity contribution >= 4 is 17.9 Å². The molecule has 1 fully saturated rings. The Hall–Kier alpha value is -3.15. The van der Waals surface area contributed by atoms with Crippen LogP contribution in [0, 0.1) is 0 Å². The fourth-order valence-corrected chi connectivity index (χ4v) is 3.38. The Morgan fingerprint density at radius 1 is 1.04 bits per heavy atom. The van der Waals surface area contributed by atoms with Crippen LogP contribution >= 0.6 is 0 Å². The lowest BCUT2D eigenvalue weighted by atomic mass is 9.91. The summed E-state index contributed by atoms with van der Waals surface area (Å²) >= 11 is 0. The van der Waals surface area contributed by atoms with Crippen LogP contribution in [0.2, 0.25) is 0 Å². The highest BCUT2D eigenvalue weighted by molar-refractivity contribution is 6.07. The summed E-state index contributed by atoms with van der Waals surface area (Å²) in [5, 5.41) is 2.82. The highest BCUT2D eigenvalue weighted by Crippen LogP contribution is 2.30. The van der Waals surface area contributed by atoms with Crippen LogP contribution in [0.4, 0.5) is 4.79 Å². The minimum Gasteiger partial charge on any atom is -0.465 e. The molecule has 1 aliphatic rings. The number of carbonyl (C=O) groups excluding carboxylic acids is 3. The maximum absolute atomic E-state index is 13.0. The predicted octanol–water partition coefficient (Wildman–Crippen LogP) is 3.39. The topological polar surface area (TPSA) is 75.7 Å². The fraction of sp³-hybridized carbons (Fsp3) is 0.318. The smallest absolute Gasteiger partial charge is 0.337 e. The summed E-state index contributed by atoms with van der Waals surface area (Å²) in [5.74, 6) is -0.724. The molecule has 0 radical (unpaired) electrons. The molecule has 3 amide bonds. The van der Waals surface area contributed by atoms with E-state index in [9.17, 15) is 14.4 Å². The molecule has 6 heteroatoms. The third kappa shape index (κ3) is 3.63. The van der Waals surface area contributed by atoms with E-state index in [-0.39, 0.29) is 12.5 Å². The van der Waals surface area contributed by atoms with Gasteiger partial charge in [-0.15, -0.1) is 0 Å². The van der Waals surface area contributed by atoms with Crippen LogP contribution in [0.3, 0.4) is 0 Å². The molecule has 6 nitrogen and oxygen atoms in total. The number of nitrogens with one attached hydrogen (secondary N) is 1.